The zero-order chi connectivity index (χ0) is 11.0. The van der Waals surface area contributed by atoms with Crippen LogP contribution in [0, 0.1) is 0 Å². The Hall–Kier alpha value is -0.790. The van der Waals surface area contributed by atoms with Crippen LogP contribution >= 0.6 is 0 Å². The predicted molar refractivity (Wildman–Crippen MR) is 45.7 cm³/mol. The van der Waals surface area contributed by atoms with Gasteiger partial charge in [0, 0.05) is 12.8 Å². The van der Waals surface area contributed by atoms with Gasteiger partial charge in [0.05, 0.1) is 24.6 Å². The second-order valence-electron chi connectivity index (χ2n) is 2.29. The summed E-state index contributed by atoms with van der Waals surface area (Å²) < 4.78 is 28.4. The summed E-state index contributed by atoms with van der Waals surface area (Å²) in [6, 6.07) is 0. The molecule has 0 bridgehead atoms. The van der Waals surface area contributed by atoms with Gasteiger partial charge in [0.15, 0.2) is 0 Å². The van der Waals surface area contributed by atoms with Gasteiger partial charge in [0.2, 0.25) is 5.78 Å². The Bertz CT molecular complexity index is 226. The average molecular weight is 223 g/mol. The summed E-state index contributed by atoms with van der Waals surface area (Å²) >= 11 is -2.55. The van der Waals surface area contributed by atoms with Crippen molar-refractivity contribution in [1.82, 2.24) is 0 Å². The predicted octanol–water partition coefficient (Wildman–Crippen LogP) is -0.290. The maximum absolute atomic E-state index is 10.7. The summed E-state index contributed by atoms with van der Waals surface area (Å²) in [5.74, 6) is -1.49. The van der Waals surface area contributed by atoms with Gasteiger partial charge in [-0.15, -0.1) is 0 Å². The number of hydrogen-bond acceptors (Lipinski definition) is 6. The number of carbonyl (C=O) groups is 2. The van der Waals surface area contributed by atoms with Crippen LogP contribution < -0.4 is 0 Å². The van der Waals surface area contributed by atoms with Gasteiger partial charge in [-0.05, 0) is 0 Å². The molecule has 0 aromatic rings. The monoisotopic (exact) mass is 223 g/mol. The van der Waals surface area contributed by atoms with Gasteiger partial charge in [0.1, 0.15) is 0 Å². The fourth-order valence-corrected chi connectivity index (χ4v) is 0.830. The molecular formula is C7H11O6S-. The highest BCUT2D eigenvalue weighted by Gasteiger charge is 2.11. The molecule has 14 heavy (non-hydrogen) atoms. The molecule has 1 atom stereocenters. The van der Waals surface area contributed by atoms with Crippen molar-refractivity contribution in [3.63, 3.8) is 0 Å². The lowest BCUT2D eigenvalue weighted by Crippen LogP contribution is -2.17. The first-order chi connectivity index (χ1) is 6.57. The standard InChI is InChI=1S/C7H12O6S/c1-2-6(8)7(9)12-4-3-5-13-14(10)11/h2-5H2,1H3,(H,10,11)/p-1. The zero-order valence-electron chi connectivity index (χ0n) is 7.69. The van der Waals surface area contributed by atoms with Crippen LogP contribution in [0.3, 0.4) is 0 Å². The smallest absolute Gasteiger partial charge is 0.374 e. The molecule has 0 spiro atoms. The zero-order valence-corrected chi connectivity index (χ0v) is 8.50. The maximum atomic E-state index is 10.7. The highest BCUT2D eigenvalue weighted by Crippen LogP contribution is 1.90. The summed E-state index contributed by atoms with van der Waals surface area (Å²) in [4.78, 5) is 21.4. The topological polar surface area (TPSA) is 92.7 Å². The maximum Gasteiger partial charge on any atom is 0.374 e. The normalized spacial score (nSPS) is 12.1. The summed E-state index contributed by atoms with van der Waals surface area (Å²) in [7, 11) is 0. The molecule has 0 N–H and O–H groups in total. The molecule has 0 aliphatic heterocycles. The van der Waals surface area contributed by atoms with Gasteiger partial charge in [0.25, 0.3) is 0 Å². The third-order valence-electron chi connectivity index (χ3n) is 1.25. The first-order valence-corrected chi connectivity index (χ1v) is 5.00. The Morgan fingerprint density at radius 1 is 1.36 bits per heavy atom. The Morgan fingerprint density at radius 3 is 2.50 bits per heavy atom. The molecule has 0 aliphatic carbocycles. The van der Waals surface area contributed by atoms with E-state index < -0.39 is 23.1 Å². The lowest BCUT2D eigenvalue weighted by molar-refractivity contribution is -0.153. The quantitative estimate of drug-likeness (QED) is 0.255. The van der Waals surface area contributed by atoms with Crippen molar-refractivity contribution >= 4 is 23.1 Å². The minimum Gasteiger partial charge on any atom is -0.750 e. The lowest BCUT2D eigenvalue weighted by atomic mass is 10.3. The molecule has 0 rings (SSSR count). The number of rotatable bonds is 7. The van der Waals surface area contributed by atoms with E-state index in [1.807, 2.05) is 0 Å². The van der Waals surface area contributed by atoms with Gasteiger partial charge < -0.3 is 13.5 Å². The van der Waals surface area contributed by atoms with Crippen molar-refractivity contribution in [2.75, 3.05) is 13.2 Å². The van der Waals surface area contributed by atoms with E-state index >= 15 is 0 Å². The molecule has 0 amide bonds. The molecule has 0 fully saturated rings. The Morgan fingerprint density at radius 2 is 2.00 bits per heavy atom. The molecule has 0 aliphatic rings. The molecule has 0 aromatic heterocycles. The molecule has 0 saturated heterocycles. The number of Topliss-reactive ketones (excluding diaryl/α,β-unsaturated/α-hetero) is 1. The van der Waals surface area contributed by atoms with Gasteiger partial charge in [-0.2, -0.15) is 0 Å². The SMILES string of the molecule is CCC(=O)C(=O)OCCCOS(=O)[O-]. The van der Waals surface area contributed by atoms with E-state index in [1.165, 1.54) is 0 Å². The number of hydrogen-bond donors (Lipinski definition) is 0. The number of ether oxygens (including phenoxy) is 1. The largest absolute Gasteiger partial charge is 0.750 e. The Kier molecular flexibility index (Phi) is 7.17. The second kappa shape index (κ2) is 7.60. The van der Waals surface area contributed by atoms with Crippen LogP contribution in [0.4, 0.5) is 0 Å². The fraction of sp³-hybridized carbons (Fsp3) is 0.714. The van der Waals surface area contributed by atoms with Gasteiger partial charge in [-0.1, -0.05) is 6.92 Å². The van der Waals surface area contributed by atoms with Crippen molar-refractivity contribution in [3.8, 4) is 0 Å². The van der Waals surface area contributed by atoms with Crippen molar-refractivity contribution in [2.24, 2.45) is 0 Å². The third-order valence-corrected chi connectivity index (χ3v) is 1.61. The highest BCUT2D eigenvalue weighted by atomic mass is 32.2. The summed E-state index contributed by atoms with van der Waals surface area (Å²) in [6.45, 7) is 1.46. The lowest BCUT2D eigenvalue weighted by Gasteiger charge is -2.05. The van der Waals surface area contributed by atoms with Gasteiger partial charge in [-0.3, -0.25) is 4.79 Å². The molecule has 82 valence electrons. The average Bonchev–Trinajstić information content (AvgIpc) is 2.15. The first kappa shape index (κ1) is 13.2. The third kappa shape index (κ3) is 6.70. The van der Waals surface area contributed by atoms with Crippen LogP contribution in [0.2, 0.25) is 0 Å². The highest BCUT2D eigenvalue weighted by molar-refractivity contribution is 7.74. The molecule has 1 unspecified atom stereocenters. The number of carbonyl (C=O) groups excluding carboxylic acids is 2. The van der Waals surface area contributed by atoms with E-state index in [9.17, 15) is 18.4 Å². The molecular weight excluding hydrogens is 212 g/mol. The van der Waals surface area contributed by atoms with E-state index in [2.05, 4.69) is 8.92 Å². The number of esters is 1. The second-order valence-corrected chi connectivity index (χ2v) is 2.94. The minimum atomic E-state index is -2.55. The van der Waals surface area contributed by atoms with Crippen LogP contribution in [0.1, 0.15) is 19.8 Å². The molecule has 0 saturated carbocycles. The molecule has 7 heteroatoms. The van der Waals surface area contributed by atoms with E-state index in [-0.39, 0.29) is 26.1 Å². The van der Waals surface area contributed by atoms with Crippen molar-refractivity contribution < 1.29 is 27.3 Å². The van der Waals surface area contributed by atoms with Crippen LogP contribution in [-0.2, 0) is 29.9 Å². The Balaban J connectivity index is 3.41. The van der Waals surface area contributed by atoms with Crippen LogP contribution in [0.15, 0.2) is 0 Å². The van der Waals surface area contributed by atoms with E-state index in [0.29, 0.717) is 0 Å². The summed E-state index contributed by atoms with van der Waals surface area (Å²) in [5, 5.41) is 0. The molecule has 0 heterocycles. The fourth-order valence-electron chi connectivity index (χ4n) is 0.576. The van der Waals surface area contributed by atoms with Crippen molar-refractivity contribution in [2.45, 2.75) is 19.8 Å². The first-order valence-electron chi connectivity index (χ1n) is 4.00. The van der Waals surface area contributed by atoms with Crippen LogP contribution in [-0.4, -0.2) is 33.7 Å². The Labute approximate surface area is 84.1 Å². The van der Waals surface area contributed by atoms with E-state index in [4.69, 9.17) is 0 Å². The van der Waals surface area contributed by atoms with Gasteiger partial charge >= 0.3 is 5.97 Å². The van der Waals surface area contributed by atoms with Crippen molar-refractivity contribution in [3.05, 3.63) is 0 Å². The van der Waals surface area contributed by atoms with Crippen LogP contribution in [0.5, 0.6) is 0 Å². The minimum absolute atomic E-state index is 0.0260. The van der Waals surface area contributed by atoms with Crippen LogP contribution in [0.25, 0.3) is 0 Å². The van der Waals surface area contributed by atoms with Crippen molar-refractivity contribution in [1.29, 1.82) is 0 Å². The van der Waals surface area contributed by atoms with E-state index in [0.717, 1.165) is 0 Å². The number of ketones is 1. The molecule has 6 nitrogen and oxygen atoms in total. The van der Waals surface area contributed by atoms with Gasteiger partial charge in [-0.25, -0.2) is 9.00 Å². The summed E-state index contributed by atoms with van der Waals surface area (Å²) in [5.41, 5.74) is 0. The van der Waals surface area contributed by atoms with E-state index in [1.54, 1.807) is 6.92 Å². The molecule has 0 radical (unpaired) electrons. The molecule has 0 aromatic carbocycles. The summed E-state index contributed by atoms with van der Waals surface area (Å²) in [6.07, 6.45) is 0.330.